The first-order chi connectivity index (χ1) is 15.4. The fourth-order valence-corrected chi connectivity index (χ4v) is 3.82. The maximum absolute atomic E-state index is 12.5. The standard InChI is InChI=1S/C23H24ClN5O3/c1-5-29-13-25-18-10-15(6-9-19(18)29)12-32-23(30)26-22-14(2)21(27-28(22)3)17-8-7-16(24)11-20(17)31-4/h6-11,13H,5,12H2,1-4H3,(H,26,30). The molecule has 0 unspecified atom stereocenters. The molecule has 0 spiro atoms. The number of hydrogen-bond acceptors (Lipinski definition) is 5. The van der Waals surface area contributed by atoms with Crippen LogP contribution in [0, 0.1) is 6.92 Å². The molecule has 0 saturated carbocycles. The van der Waals surface area contributed by atoms with E-state index in [1.807, 2.05) is 31.2 Å². The van der Waals surface area contributed by atoms with Gasteiger partial charge in [0.2, 0.25) is 0 Å². The number of anilines is 1. The van der Waals surface area contributed by atoms with Gasteiger partial charge in [-0.1, -0.05) is 17.7 Å². The zero-order chi connectivity index (χ0) is 22.8. The molecule has 9 heteroatoms. The number of methoxy groups -OCH3 is 1. The number of halogens is 1. The second kappa shape index (κ2) is 8.92. The van der Waals surface area contributed by atoms with Gasteiger partial charge in [0.05, 0.1) is 24.5 Å². The van der Waals surface area contributed by atoms with Crippen LogP contribution in [-0.2, 0) is 24.9 Å². The summed E-state index contributed by atoms with van der Waals surface area (Å²) in [6, 6.07) is 11.2. The highest BCUT2D eigenvalue weighted by Gasteiger charge is 2.19. The van der Waals surface area contributed by atoms with Gasteiger partial charge in [0.25, 0.3) is 0 Å². The maximum Gasteiger partial charge on any atom is 0.413 e. The van der Waals surface area contributed by atoms with Gasteiger partial charge in [-0.3, -0.25) is 10.00 Å². The summed E-state index contributed by atoms with van der Waals surface area (Å²) in [5, 5.41) is 7.91. The highest BCUT2D eigenvalue weighted by atomic mass is 35.5. The lowest BCUT2D eigenvalue weighted by Gasteiger charge is -2.09. The van der Waals surface area contributed by atoms with Crippen LogP contribution in [-0.4, -0.2) is 32.5 Å². The van der Waals surface area contributed by atoms with Gasteiger partial charge in [0.1, 0.15) is 23.9 Å². The third kappa shape index (κ3) is 4.13. The first kappa shape index (κ1) is 21.7. The molecular weight excluding hydrogens is 430 g/mol. The van der Waals surface area contributed by atoms with Crippen molar-refractivity contribution in [2.45, 2.75) is 27.0 Å². The molecule has 1 amide bonds. The minimum atomic E-state index is -0.565. The Kier molecular flexibility index (Phi) is 6.05. The van der Waals surface area contributed by atoms with Crippen molar-refractivity contribution in [3.05, 3.63) is 58.9 Å². The van der Waals surface area contributed by atoms with Crippen molar-refractivity contribution in [2.75, 3.05) is 12.4 Å². The number of rotatable bonds is 6. The van der Waals surface area contributed by atoms with Crippen LogP contribution in [0.15, 0.2) is 42.7 Å². The Bertz CT molecular complexity index is 1290. The van der Waals surface area contributed by atoms with Gasteiger partial charge in [-0.15, -0.1) is 0 Å². The molecule has 1 N–H and O–H groups in total. The molecule has 2 heterocycles. The molecule has 0 bridgehead atoms. The van der Waals surface area contributed by atoms with Crippen molar-refractivity contribution in [1.29, 1.82) is 0 Å². The smallest absolute Gasteiger partial charge is 0.413 e. The molecule has 4 rings (SSSR count). The summed E-state index contributed by atoms with van der Waals surface area (Å²) in [5.41, 5.74) is 5.05. The average Bonchev–Trinajstić information content (AvgIpc) is 3.32. The van der Waals surface area contributed by atoms with Crippen LogP contribution < -0.4 is 10.1 Å². The fraction of sp³-hybridized carbons (Fsp3) is 0.261. The monoisotopic (exact) mass is 453 g/mol. The molecule has 0 radical (unpaired) electrons. The molecule has 0 aliphatic rings. The van der Waals surface area contributed by atoms with Crippen LogP contribution >= 0.6 is 11.6 Å². The number of carbonyl (C=O) groups is 1. The van der Waals surface area contributed by atoms with E-state index in [1.54, 1.807) is 37.3 Å². The number of amides is 1. The molecule has 0 saturated heterocycles. The molecule has 0 atom stereocenters. The molecule has 32 heavy (non-hydrogen) atoms. The van der Waals surface area contributed by atoms with Gasteiger partial charge in [-0.2, -0.15) is 5.10 Å². The number of nitrogens with zero attached hydrogens (tertiary/aromatic N) is 4. The van der Waals surface area contributed by atoms with Crippen molar-refractivity contribution >= 4 is 34.5 Å². The third-order valence-electron chi connectivity index (χ3n) is 5.32. The van der Waals surface area contributed by atoms with Crippen LogP contribution in [0.4, 0.5) is 10.6 Å². The first-order valence-corrected chi connectivity index (χ1v) is 10.5. The zero-order valence-corrected chi connectivity index (χ0v) is 19.1. The van der Waals surface area contributed by atoms with Crippen LogP contribution in [0.1, 0.15) is 18.1 Å². The van der Waals surface area contributed by atoms with E-state index in [0.29, 0.717) is 22.3 Å². The van der Waals surface area contributed by atoms with E-state index in [4.69, 9.17) is 21.1 Å². The summed E-state index contributed by atoms with van der Waals surface area (Å²) in [4.78, 5) is 16.9. The average molecular weight is 454 g/mol. The summed E-state index contributed by atoms with van der Waals surface area (Å²) in [6.07, 6.45) is 1.24. The van der Waals surface area contributed by atoms with E-state index in [-0.39, 0.29) is 6.61 Å². The van der Waals surface area contributed by atoms with Gasteiger partial charge in [0.15, 0.2) is 0 Å². The van der Waals surface area contributed by atoms with Crippen LogP contribution in [0.2, 0.25) is 5.02 Å². The summed E-state index contributed by atoms with van der Waals surface area (Å²) in [6.45, 7) is 4.93. The molecule has 8 nitrogen and oxygen atoms in total. The minimum absolute atomic E-state index is 0.134. The summed E-state index contributed by atoms with van der Waals surface area (Å²) in [7, 11) is 3.33. The van der Waals surface area contributed by atoms with Gasteiger partial charge in [-0.05, 0) is 49.7 Å². The van der Waals surface area contributed by atoms with Gasteiger partial charge >= 0.3 is 6.09 Å². The number of ether oxygens (including phenoxy) is 2. The van der Waals surface area contributed by atoms with Crippen molar-refractivity contribution in [1.82, 2.24) is 19.3 Å². The van der Waals surface area contributed by atoms with E-state index in [0.717, 1.165) is 34.3 Å². The summed E-state index contributed by atoms with van der Waals surface area (Å²) < 4.78 is 14.5. The Hall–Kier alpha value is -3.52. The molecule has 4 aromatic rings. The molecule has 2 aromatic carbocycles. The van der Waals surface area contributed by atoms with Crippen molar-refractivity contribution < 1.29 is 14.3 Å². The van der Waals surface area contributed by atoms with Gasteiger partial charge in [0, 0.05) is 29.7 Å². The van der Waals surface area contributed by atoms with Crippen LogP contribution in [0.5, 0.6) is 5.75 Å². The molecule has 0 fully saturated rings. The largest absolute Gasteiger partial charge is 0.496 e. The third-order valence-corrected chi connectivity index (χ3v) is 5.55. The molecule has 0 aliphatic carbocycles. The Balaban J connectivity index is 1.48. The highest BCUT2D eigenvalue weighted by Crippen LogP contribution is 2.35. The minimum Gasteiger partial charge on any atom is -0.496 e. The van der Waals surface area contributed by atoms with Crippen LogP contribution in [0.3, 0.4) is 0 Å². The highest BCUT2D eigenvalue weighted by molar-refractivity contribution is 6.30. The van der Waals surface area contributed by atoms with Gasteiger partial charge in [-0.25, -0.2) is 9.78 Å². The number of benzene rings is 2. The predicted molar refractivity (Wildman–Crippen MR) is 124 cm³/mol. The predicted octanol–water partition coefficient (Wildman–Crippen LogP) is 5.18. The molecule has 2 aromatic heterocycles. The second-order valence-corrected chi connectivity index (χ2v) is 7.78. The Morgan fingerprint density at radius 1 is 1.22 bits per heavy atom. The zero-order valence-electron chi connectivity index (χ0n) is 18.3. The van der Waals surface area contributed by atoms with Crippen LogP contribution in [0.25, 0.3) is 22.3 Å². The lowest BCUT2D eigenvalue weighted by molar-refractivity contribution is 0.155. The fourth-order valence-electron chi connectivity index (χ4n) is 3.65. The Morgan fingerprint density at radius 2 is 2.03 bits per heavy atom. The lowest BCUT2D eigenvalue weighted by atomic mass is 10.1. The normalized spacial score (nSPS) is 11.0. The van der Waals surface area contributed by atoms with E-state index >= 15 is 0 Å². The first-order valence-electron chi connectivity index (χ1n) is 10.2. The van der Waals surface area contributed by atoms with Crippen molar-refractivity contribution in [3.8, 4) is 17.0 Å². The van der Waals surface area contributed by atoms with Gasteiger partial charge < -0.3 is 14.0 Å². The maximum atomic E-state index is 12.5. The van der Waals surface area contributed by atoms with E-state index in [1.165, 1.54) is 0 Å². The SMILES string of the molecule is CCn1cnc2cc(COC(=O)Nc3c(C)c(-c4ccc(Cl)cc4OC)nn3C)ccc21. The van der Waals surface area contributed by atoms with E-state index < -0.39 is 6.09 Å². The number of fused-ring (bicyclic) bond motifs is 1. The van der Waals surface area contributed by atoms with E-state index in [9.17, 15) is 4.79 Å². The Labute approximate surface area is 190 Å². The second-order valence-electron chi connectivity index (χ2n) is 7.35. The van der Waals surface area contributed by atoms with Crippen molar-refractivity contribution in [3.63, 3.8) is 0 Å². The Morgan fingerprint density at radius 3 is 2.78 bits per heavy atom. The topological polar surface area (TPSA) is 83.2 Å². The summed E-state index contributed by atoms with van der Waals surface area (Å²) in [5.74, 6) is 1.15. The number of aryl methyl sites for hydroxylation is 2. The lowest BCUT2D eigenvalue weighted by Crippen LogP contribution is -2.16. The number of nitrogens with one attached hydrogen (secondary N) is 1. The molecular formula is C23H24ClN5O3. The number of aromatic nitrogens is 4. The van der Waals surface area contributed by atoms with Crippen molar-refractivity contribution in [2.24, 2.45) is 7.05 Å². The molecule has 0 aliphatic heterocycles. The quantitative estimate of drug-likeness (QED) is 0.435. The number of imidazole rings is 1. The number of carbonyl (C=O) groups excluding carboxylic acids is 1. The number of hydrogen-bond donors (Lipinski definition) is 1. The van der Waals surface area contributed by atoms with E-state index in [2.05, 4.69) is 26.9 Å². The molecule has 166 valence electrons. The summed E-state index contributed by atoms with van der Waals surface area (Å²) >= 11 is 6.07.